The van der Waals surface area contributed by atoms with Crippen molar-refractivity contribution in [2.45, 2.75) is 11.0 Å². The largest absolute Gasteiger partial charge is 0.450 e. The van der Waals surface area contributed by atoms with Crippen LogP contribution in [0.3, 0.4) is 0 Å². The minimum Gasteiger partial charge on any atom is -0.450 e. The number of thioether (sulfide) groups is 1. The molecule has 0 bridgehead atoms. The van der Waals surface area contributed by atoms with Crippen LogP contribution in [0.1, 0.15) is 10.4 Å². The molecule has 1 atom stereocenters. The summed E-state index contributed by atoms with van der Waals surface area (Å²) in [6.07, 6.45) is 3.23. The van der Waals surface area contributed by atoms with E-state index in [2.05, 4.69) is 4.98 Å². The third-order valence-corrected chi connectivity index (χ3v) is 3.58. The summed E-state index contributed by atoms with van der Waals surface area (Å²) in [7, 11) is 0. The van der Waals surface area contributed by atoms with Crippen LogP contribution in [0.5, 0.6) is 0 Å². The van der Waals surface area contributed by atoms with Crippen molar-refractivity contribution in [1.82, 2.24) is 4.98 Å². The number of carbonyl (C=O) groups is 2. The van der Waals surface area contributed by atoms with E-state index < -0.39 is 12.1 Å². The molecule has 0 amide bonds. The second-order valence-electron chi connectivity index (χ2n) is 3.94. The molecule has 0 aliphatic rings. The number of ether oxygens (including phenoxy) is 1. The van der Waals surface area contributed by atoms with Crippen LogP contribution in [-0.2, 0) is 9.53 Å². The molecule has 0 spiro atoms. The molecule has 5 heteroatoms. The van der Waals surface area contributed by atoms with E-state index in [1.54, 1.807) is 36.7 Å². The van der Waals surface area contributed by atoms with Gasteiger partial charge in [0.2, 0.25) is 0 Å². The first-order chi connectivity index (χ1) is 9.79. The van der Waals surface area contributed by atoms with Crippen LogP contribution in [0.15, 0.2) is 59.8 Å². The lowest BCUT2D eigenvalue weighted by atomic mass is 10.2. The van der Waals surface area contributed by atoms with E-state index >= 15 is 0 Å². The number of hydrogen-bond donors (Lipinski definition) is 0. The Morgan fingerprint density at radius 3 is 2.55 bits per heavy atom. The lowest BCUT2D eigenvalue weighted by Crippen LogP contribution is -2.22. The molecular weight excluding hydrogens is 274 g/mol. The number of rotatable bonds is 6. The van der Waals surface area contributed by atoms with Gasteiger partial charge in [0, 0.05) is 23.0 Å². The molecule has 1 heterocycles. The van der Waals surface area contributed by atoms with Gasteiger partial charge in [-0.1, -0.05) is 18.2 Å². The van der Waals surface area contributed by atoms with Crippen molar-refractivity contribution in [2.24, 2.45) is 0 Å². The lowest BCUT2D eigenvalue weighted by Gasteiger charge is -2.11. The first kappa shape index (κ1) is 14.3. The minimum atomic E-state index is -0.763. The summed E-state index contributed by atoms with van der Waals surface area (Å²) in [5.74, 6) is -0.107. The van der Waals surface area contributed by atoms with Crippen molar-refractivity contribution in [2.75, 3.05) is 5.75 Å². The lowest BCUT2D eigenvalue weighted by molar-refractivity contribution is -0.114. The van der Waals surface area contributed by atoms with Gasteiger partial charge in [-0.3, -0.25) is 9.78 Å². The number of aldehydes is 1. The molecule has 2 aromatic rings. The van der Waals surface area contributed by atoms with Crippen molar-refractivity contribution >= 4 is 24.0 Å². The SMILES string of the molecule is O=CC(CSc1ccncc1)OC(=O)c1ccccc1. The average Bonchev–Trinajstić information content (AvgIpc) is 2.53. The highest BCUT2D eigenvalue weighted by molar-refractivity contribution is 7.99. The Morgan fingerprint density at radius 2 is 1.90 bits per heavy atom. The van der Waals surface area contributed by atoms with E-state index in [-0.39, 0.29) is 0 Å². The van der Waals surface area contributed by atoms with Crippen LogP contribution in [0.4, 0.5) is 0 Å². The van der Waals surface area contributed by atoms with Gasteiger partial charge in [0.05, 0.1) is 5.56 Å². The van der Waals surface area contributed by atoms with Crippen LogP contribution in [0, 0.1) is 0 Å². The molecule has 4 nitrogen and oxygen atoms in total. The molecule has 2 rings (SSSR count). The molecule has 1 aromatic heterocycles. The summed E-state index contributed by atoms with van der Waals surface area (Å²) in [5.41, 5.74) is 0.438. The van der Waals surface area contributed by atoms with E-state index in [0.717, 1.165) is 4.90 Å². The Morgan fingerprint density at radius 1 is 1.20 bits per heavy atom. The topological polar surface area (TPSA) is 56.3 Å². The Balaban J connectivity index is 1.89. The number of hydrogen-bond acceptors (Lipinski definition) is 5. The molecule has 0 aliphatic carbocycles. The summed E-state index contributed by atoms with van der Waals surface area (Å²) in [5, 5.41) is 0. The maximum Gasteiger partial charge on any atom is 0.338 e. The average molecular weight is 287 g/mol. The molecular formula is C15H13NO3S. The highest BCUT2D eigenvalue weighted by atomic mass is 32.2. The predicted octanol–water partition coefficient (Wildman–Crippen LogP) is 2.60. The zero-order valence-corrected chi connectivity index (χ0v) is 11.5. The van der Waals surface area contributed by atoms with Crippen LogP contribution in [0.25, 0.3) is 0 Å². The number of nitrogens with zero attached hydrogens (tertiary/aromatic N) is 1. The smallest absolute Gasteiger partial charge is 0.338 e. The molecule has 0 N–H and O–H groups in total. The third kappa shape index (κ3) is 4.20. The Labute approximate surface area is 121 Å². The third-order valence-electron chi connectivity index (χ3n) is 2.48. The van der Waals surface area contributed by atoms with Gasteiger partial charge in [-0.05, 0) is 24.3 Å². The number of carbonyl (C=O) groups excluding carboxylic acids is 2. The monoisotopic (exact) mass is 287 g/mol. The summed E-state index contributed by atoms with van der Waals surface area (Å²) >= 11 is 1.44. The van der Waals surface area contributed by atoms with Crippen LogP contribution < -0.4 is 0 Å². The molecule has 0 saturated heterocycles. The first-order valence-corrected chi connectivity index (χ1v) is 7.02. The van der Waals surface area contributed by atoms with E-state index in [4.69, 9.17) is 4.74 Å². The normalized spacial score (nSPS) is 11.6. The number of benzene rings is 1. The van der Waals surface area contributed by atoms with Gasteiger partial charge in [-0.15, -0.1) is 11.8 Å². The van der Waals surface area contributed by atoms with Crippen molar-refractivity contribution in [3.05, 3.63) is 60.4 Å². The fourth-order valence-electron chi connectivity index (χ4n) is 1.49. The maximum atomic E-state index is 11.8. The molecule has 102 valence electrons. The van der Waals surface area contributed by atoms with E-state index in [9.17, 15) is 9.59 Å². The molecule has 20 heavy (non-hydrogen) atoms. The Bertz CT molecular complexity index is 560. The van der Waals surface area contributed by atoms with Gasteiger partial charge in [0.15, 0.2) is 12.4 Å². The molecule has 0 saturated carbocycles. The van der Waals surface area contributed by atoms with Gasteiger partial charge in [0.25, 0.3) is 0 Å². The van der Waals surface area contributed by atoms with Gasteiger partial charge in [-0.2, -0.15) is 0 Å². The van der Waals surface area contributed by atoms with E-state index in [1.807, 2.05) is 18.2 Å². The summed E-state index contributed by atoms with van der Waals surface area (Å²) < 4.78 is 5.16. The van der Waals surface area contributed by atoms with E-state index in [0.29, 0.717) is 17.6 Å². The van der Waals surface area contributed by atoms with Crippen molar-refractivity contribution in [1.29, 1.82) is 0 Å². The second kappa shape index (κ2) is 7.45. The van der Waals surface area contributed by atoms with Gasteiger partial charge in [0.1, 0.15) is 0 Å². The molecule has 1 unspecified atom stereocenters. The molecule has 1 aromatic carbocycles. The van der Waals surface area contributed by atoms with Crippen LogP contribution in [-0.4, -0.2) is 29.1 Å². The Kier molecular flexibility index (Phi) is 5.32. The highest BCUT2D eigenvalue weighted by Crippen LogP contribution is 2.18. The summed E-state index contributed by atoms with van der Waals surface area (Å²) in [4.78, 5) is 27.7. The highest BCUT2D eigenvalue weighted by Gasteiger charge is 2.15. The predicted molar refractivity (Wildman–Crippen MR) is 76.7 cm³/mol. The Hall–Kier alpha value is -2.14. The minimum absolute atomic E-state index is 0.381. The first-order valence-electron chi connectivity index (χ1n) is 6.04. The zero-order valence-electron chi connectivity index (χ0n) is 10.6. The van der Waals surface area contributed by atoms with Crippen LogP contribution >= 0.6 is 11.8 Å². The van der Waals surface area contributed by atoms with Gasteiger partial charge in [-0.25, -0.2) is 4.79 Å². The fourth-order valence-corrected chi connectivity index (χ4v) is 2.31. The second-order valence-corrected chi connectivity index (χ2v) is 5.03. The molecule has 0 aliphatic heterocycles. The summed E-state index contributed by atoms with van der Waals surface area (Å²) in [6.45, 7) is 0. The zero-order chi connectivity index (χ0) is 14.2. The van der Waals surface area contributed by atoms with Crippen molar-refractivity contribution in [3.63, 3.8) is 0 Å². The maximum absolute atomic E-state index is 11.8. The van der Waals surface area contributed by atoms with Gasteiger partial charge < -0.3 is 4.74 Å². The van der Waals surface area contributed by atoms with Crippen LogP contribution in [0.2, 0.25) is 0 Å². The van der Waals surface area contributed by atoms with Crippen molar-refractivity contribution in [3.8, 4) is 0 Å². The number of aromatic nitrogens is 1. The summed E-state index contributed by atoms with van der Waals surface area (Å²) in [6, 6.07) is 12.3. The molecule has 0 radical (unpaired) electrons. The van der Waals surface area contributed by atoms with Crippen molar-refractivity contribution < 1.29 is 14.3 Å². The fraction of sp³-hybridized carbons (Fsp3) is 0.133. The van der Waals surface area contributed by atoms with Gasteiger partial charge >= 0.3 is 5.97 Å². The quantitative estimate of drug-likeness (QED) is 0.464. The number of esters is 1. The van der Waals surface area contributed by atoms with E-state index in [1.165, 1.54) is 11.8 Å². The standard InChI is InChI=1S/C15H13NO3S/c17-10-13(11-20-14-6-8-16-9-7-14)19-15(18)12-4-2-1-3-5-12/h1-10,13H,11H2. The number of pyridine rings is 1. The molecule has 0 fully saturated rings.